The van der Waals surface area contributed by atoms with Crippen LogP contribution in [0.25, 0.3) is 0 Å². The second kappa shape index (κ2) is 5.99. The Kier molecular flexibility index (Phi) is 4.35. The van der Waals surface area contributed by atoms with Gasteiger partial charge in [0.1, 0.15) is 5.78 Å². The molecule has 0 aliphatic heterocycles. The molecule has 0 saturated heterocycles. The highest BCUT2D eigenvalue weighted by Crippen LogP contribution is 2.28. The van der Waals surface area contributed by atoms with E-state index in [0.717, 1.165) is 18.5 Å². The van der Waals surface area contributed by atoms with Gasteiger partial charge >= 0.3 is 0 Å². The van der Waals surface area contributed by atoms with Gasteiger partial charge in [-0.2, -0.15) is 5.10 Å². The molecule has 0 bridgehead atoms. The first-order valence-electron chi connectivity index (χ1n) is 6.85. The van der Waals surface area contributed by atoms with E-state index in [1.54, 1.807) is 0 Å². The van der Waals surface area contributed by atoms with Crippen LogP contribution in [0.5, 0.6) is 0 Å². The number of hydrogen-bond donors (Lipinski definition) is 0. The lowest BCUT2D eigenvalue weighted by Crippen LogP contribution is -2.05. The molecule has 17 heavy (non-hydrogen) atoms. The highest BCUT2D eigenvalue weighted by atomic mass is 16.1. The second-order valence-corrected chi connectivity index (χ2v) is 4.97. The molecule has 1 aliphatic rings. The summed E-state index contributed by atoms with van der Waals surface area (Å²) in [5.41, 5.74) is 1.14. The van der Waals surface area contributed by atoms with E-state index in [0.29, 0.717) is 24.7 Å². The van der Waals surface area contributed by atoms with Gasteiger partial charge in [-0.1, -0.05) is 19.8 Å². The summed E-state index contributed by atoms with van der Waals surface area (Å²) in [4.78, 5) is 11.2. The van der Waals surface area contributed by atoms with E-state index in [2.05, 4.69) is 22.0 Å². The van der Waals surface area contributed by atoms with E-state index in [4.69, 9.17) is 0 Å². The quantitative estimate of drug-likeness (QED) is 0.757. The molecule has 2 rings (SSSR count). The van der Waals surface area contributed by atoms with Crippen molar-refractivity contribution < 1.29 is 4.79 Å². The lowest BCUT2D eigenvalue weighted by atomic mass is 10.1. The monoisotopic (exact) mass is 234 g/mol. The maximum Gasteiger partial charge on any atom is 0.132 e. The largest absolute Gasteiger partial charge is 0.300 e. The number of Topliss-reactive ketones (excluding diaryl/α,β-unsaturated/α-hetero) is 1. The lowest BCUT2D eigenvalue weighted by molar-refractivity contribution is -0.118. The van der Waals surface area contributed by atoms with Crippen molar-refractivity contribution in [3.8, 4) is 0 Å². The third-order valence-electron chi connectivity index (χ3n) is 3.65. The minimum Gasteiger partial charge on any atom is -0.300 e. The normalized spacial score (nSPS) is 16.5. The molecule has 1 saturated carbocycles. The van der Waals surface area contributed by atoms with E-state index < -0.39 is 0 Å². The van der Waals surface area contributed by atoms with Gasteiger partial charge in [-0.05, 0) is 31.7 Å². The van der Waals surface area contributed by atoms with E-state index in [1.807, 2.05) is 6.92 Å². The minimum atomic E-state index is 0.361. The molecule has 1 aromatic rings. The van der Waals surface area contributed by atoms with Gasteiger partial charge in [0, 0.05) is 19.0 Å². The van der Waals surface area contributed by atoms with Gasteiger partial charge in [-0.15, -0.1) is 0 Å². The van der Waals surface area contributed by atoms with Gasteiger partial charge in [0.2, 0.25) is 0 Å². The lowest BCUT2D eigenvalue weighted by Gasteiger charge is -2.08. The van der Waals surface area contributed by atoms with Gasteiger partial charge in [0.05, 0.1) is 11.7 Å². The van der Waals surface area contributed by atoms with Crippen LogP contribution in [0.3, 0.4) is 0 Å². The van der Waals surface area contributed by atoms with Gasteiger partial charge < -0.3 is 0 Å². The number of aromatic nitrogens is 2. The molecule has 1 fully saturated rings. The number of carbonyl (C=O) groups excluding carboxylic acids is 1. The molecule has 0 atom stereocenters. The Morgan fingerprint density at radius 2 is 2.24 bits per heavy atom. The maximum atomic E-state index is 11.2. The fourth-order valence-corrected chi connectivity index (χ4v) is 2.53. The Labute approximate surface area is 103 Å². The Balaban J connectivity index is 1.79. The molecule has 0 N–H and O–H groups in total. The van der Waals surface area contributed by atoms with Gasteiger partial charge in [0.15, 0.2) is 0 Å². The summed E-state index contributed by atoms with van der Waals surface area (Å²) >= 11 is 0. The predicted molar refractivity (Wildman–Crippen MR) is 68.0 cm³/mol. The van der Waals surface area contributed by atoms with Crippen LogP contribution in [0.1, 0.15) is 63.6 Å². The van der Waals surface area contributed by atoms with Gasteiger partial charge in [0.25, 0.3) is 0 Å². The van der Waals surface area contributed by atoms with Crippen molar-refractivity contribution in [2.75, 3.05) is 0 Å². The highest BCUT2D eigenvalue weighted by Gasteiger charge is 2.17. The van der Waals surface area contributed by atoms with Crippen LogP contribution in [0, 0.1) is 0 Å². The van der Waals surface area contributed by atoms with Crippen LogP contribution in [0.4, 0.5) is 0 Å². The zero-order chi connectivity index (χ0) is 12.1. The molecule has 0 radical (unpaired) electrons. The molecule has 0 unspecified atom stereocenters. The van der Waals surface area contributed by atoms with Gasteiger partial charge in [-0.3, -0.25) is 9.48 Å². The molecular weight excluding hydrogens is 212 g/mol. The molecule has 1 aromatic heterocycles. The van der Waals surface area contributed by atoms with Crippen molar-refractivity contribution >= 4 is 5.78 Å². The van der Waals surface area contributed by atoms with Crippen molar-refractivity contribution in [2.45, 2.75) is 64.3 Å². The number of nitrogens with zero attached hydrogens (tertiary/aromatic N) is 2. The van der Waals surface area contributed by atoms with E-state index >= 15 is 0 Å². The molecule has 3 heteroatoms. The van der Waals surface area contributed by atoms with Crippen LogP contribution < -0.4 is 0 Å². The average Bonchev–Trinajstić information content (AvgIpc) is 2.98. The third-order valence-corrected chi connectivity index (χ3v) is 3.65. The molecule has 1 heterocycles. The second-order valence-electron chi connectivity index (χ2n) is 4.97. The molecule has 0 spiro atoms. The molecule has 1 aliphatic carbocycles. The standard InChI is InChI=1S/C14H22N2O/c1-2-14(17)9-5-6-12-10-11-16(15-12)13-7-3-4-8-13/h10-11,13H,2-9H2,1H3. The number of hydrogen-bond acceptors (Lipinski definition) is 2. The number of rotatable bonds is 6. The maximum absolute atomic E-state index is 11.2. The molecular formula is C14H22N2O. The van der Waals surface area contributed by atoms with E-state index in [1.165, 1.54) is 25.7 Å². The van der Waals surface area contributed by atoms with Crippen LogP contribution in [-0.2, 0) is 11.2 Å². The summed E-state index contributed by atoms with van der Waals surface area (Å²) < 4.78 is 2.13. The Hall–Kier alpha value is -1.12. The zero-order valence-electron chi connectivity index (χ0n) is 10.7. The first kappa shape index (κ1) is 12.3. The summed E-state index contributed by atoms with van der Waals surface area (Å²) in [6.07, 6.45) is 10.6. The van der Waals surface area contributed by atoms with Crippen LogP contribution in [-0.4, -0.2) is 15.6 Å². The molecule has 0 aromatic carbocycles. The first-order chi connectivity index (χ1) is 8.29. The van der Waals surface area contributed by atoms with Crippen molar-refractivity contribution in [1.29, 1.82) is 0 Å². The van der Waals surface area contributed by atoms with Crippen LogP contribution >= 0.6 is 0 Å². The van der Waals surface area contributed by atoms with Crippen molar-refractivity contribution in [1.82, 2.24) is 9.78 Å². The zero-order valence-corrected chi connectivity index (χ0v) is 10.7. The summed E-state index contributed by atoms with van der Waals surface area (Å²) in [6.45, 7) is 1.93. The highest BCUT2D eigenvalue weighted by molar-refractivity contribution is 5.77. The van der Waals surface area contributed by atoms with Gasteiger partial charge in [-0.25, -0.2) is 0 Å². The number of aryl methyl sites for hydroxylation is 1. The Morgan fingerprint density at radius 3 is 2.94 bits per heavy atom. The number of ketones is 1. The summed E-state index contributed by atoms with van der Waals surface area (Å²) in [6, 6.07) is 2.73. The summed E-state index contributed by atoms with van der Waals surface area (Å²) in [7, 11) is 0. The fourth-order valence-electron chi connectivity index (χ4n) is 2.53. The van der Waals surface area contributed by atoms with Crippen LogP contribution in [0.15, 0.2) is 12.3 Å². The molecule has 3 nitrogen and oxygen atoms in total. The summed E-state index contributed by atoms with van der Waals surface area (Å²) in [5.74, 6) is 0.361. The SMILES string of the molecule is CCC(=O)CCCc1ccn(C2CCCC2)n1. The fraction of sp³-hybridized carbons (Fsp3) is 0.714. The minimum absolute atomic E-state index is 0.361. The predicted octanol–water partition coefficient (Wildman–Crippen LogP) is 3.30. The van der Waals surface area contributed by atoms with E-state index in [9.17, 15) is 4.79 Å². The summed E-state index contributed by atoms with van der Waals surface area (Å²) in [5, 5.41) is 4.62. The molecule has 0 amide bonds. The molecule has 94 valence electrons. The van der Waals surface area contributed by atoms with Crippen LogP contribution in [0.2, 0.25) is 0 Å². The Morgan fingerprint density at radius 1 is 1.47 bits per heavy atom. The average molecular weight is 234 g/mol. The van der Waals surface area contributed by atoms with Crippen molar-refractivity contribution in [2.24, 2.45) is 0 Å². The van der Waals surface area contributed by atoms with Crippen molar-refractivity contribution in [3.05, 3.63) is 18.0 Å². The smallest absolute Gasteiger partial charge is 0.132 e. The van der Waals surface area contributed by atoms with Crippen molar-refractivity contribution in [3.63, 3.8) is 0 Å². The Bertz CT molecular complexity index is 364. The first-order valence-corrected chi connectivity index (χ1v) is 6.85. The van der Waals surface area contributed by atoms with E-state index in [-0.39, 0.29) is 0 Å². The topological polar surface area (TPSA) is 34.9 Å². The third kappa shape index (κ3) is 3.42. The number of carbonyl (C=O) groups is 1.